The molecule has 8 nitrogen and oxygen atoms in total. The van der Waals surface area contributed by atoms with Crippen molar-refractivity contribution in [2.45, 2.75) is 6.61 Å². The van der Waals surface area contributed by atoms with Crippen LogP contribution in [0.4, 0.5) is 4.79 Å². The summed E-state index contributed by atoms with van der Waals surface area (Å²) in [6.07, 6.45) is -1.27. The molecule has 95 valence electrons. The third-order valence-corrected chi connectivity index (χ3v) is 1.91. The molecule has 18 heavy (non-hydrogen) atoms. The van der Waals surface area contributed by atoms with Crippen LogP contribution in [0.1, 0.15) is 5.56 Å². The van der Waals surface area contributed by atoms with E-state index in [2.05, 4.69) is 4.74 Å². The molecule has 1 aromatic rings. The van der Waals surface area contributed by atoms with E-state index in [1.165, 1.54) is 0 Å². The number of carbonyl (C=O) groups is 2. The Kier molecular flexibility index (Phi) is 4.61. The molecule has 0 aromatic heterocycles. The standard InChI is InChI=1S/C10H10N3O5/c11-9(14)6-12(13(16)17)10(15)18-7-8-4-2-1-3-5-8/h1-5,11H,6-7H2. The lowest BCUT2D eigenvalue weighted by Gasteiger charge is -2.10. The molecule has 0 atom stereocenters. The van der Waals surface area contributed by atoms with E-state index in [-0.39, 0.29) is 11.6 Å². The van der Waals surface area contributed by atoms with E-state index in [1.807, 2.05) is 0 Å². The maximum atomic E-state index is 11.3. The molecule has 0 aliphatic carbocycles. The van der Waals surface area contributed by atoms with Crippen molar-refractivity contribution >= 4 is 12.0 Å². The smallest absolute Gasteiger partial charge is 0.441 e. The fourth-order valence-electron chi connectivity index (χ4n) is 1.12. The van der Waals surface area contributed by atoms with Crippen molar-refractivity contribution in [3.63, 3.8) is 0 Å². The van der Waals surface area contributed by atoms with E-state index < -0.39 is 23.6 Å². The summed E-state index contributed by atoms with van der Waals surface area (Å²) in [6.45, 7) is -1.09. The third-order valence-electron chi connectivity index (χ3n) is 1.91. The molecule has 0 heterocycles. The van der Waals surface area contributed by atoms with E-state index in [0.29, 0.717) is 5.56 Å². The van der Waals surface area contributed by atoms with Crippen LogP contribution in [0.15, 0.2) is 30.3 Å². The minimum atomic E-state index is -1.27. The summed E-state index contributed by atoms with van der Waals surface area (Å²) in [6, 6.07) is 8.58. The van der Waals surface area contributed by atoms with Gasteiger partial charge < -0.3 is 4.74 Å². The second-order valence-electron chi connectivity index (χ2n) is 3.26. The highest BCUT2D eigenvalue weighted by molar-refractivity contribution is 5.79. The monoisotopic (exact) mass is 252 g/mol. The summed E-state index contributed by atoms with van der Waals surface area (Å²) >= 11 is 0. The molecule has 1 radical (unpaired) electrons. The van der Waals surface area contributed by atoms with Crippen LogP contribution in [0.2, 0.25) is 0 Å². The lowest BCUT2D eigenvalue weighted by atomic mass is 10.2. The first-order valence-corrected chi connectivity index (χ1v) is 4.87. The number of nitro groups is 1. The van der Waals surface area contributed by atoms with Crippen LogP contribution in [0, 0.1) is 10.1 Å². The second kappa shape index (κ2) is 6.18. The predicted octanol–water partition coefficient (Wildman–Crippen LogP) is 0.626. The topological polar surface area (TPSA) is 114 Å². The maximum absolute atomic E-state index is 11.3. The Labute approximate surface area is 102 Å². The fourth-order valence-corrected chi connectivity index (χ4v) is 1.12. The van der Waals surface area contributed by atoms with Crippen LogP contribution >= 0.6 is 0 Å². The molecular formula is C10H10N3O5. The molecule has 1 aromatic carbocycles. The zero-order chi connectivity index (χ0) is 13.5. The SMILES string of the molecule is [NH]C(=O)CN(C(=O)OCc1ccccc1)[N+](=O)[O-]. The normalized spacial score (nSPS) is 9.56. The van der Waals surface area contributed by atoms with Crippen LogP contribution in [-0.2, 0) is 16.1 Å². The average Bonchev–Trinajstić information content (AvgIpc) is 2.34. The van der Waals surface area contributed by atoms with Gasteiger partial charge in [-0.2, -0.15) is 0 Å². The van der Waals surface area contributed by atoms with Crippen LogP contribution in [-0.4, -0.2) is 28.6 Å². The molecule has 0 aliphatic heterocycles. The fraction of sp³-hybridized carbons (Fsp3) is 0.200. The number of hydrogen-bond acceptors (Lipinski definition) is 5. The Bertz CT molecular complexity index is 448. The largest absolute Gasteiger partial charge is 0.469 e. The number of rotatable bonds is 5. The Morgan fingerprint density at radius 3 is 2.44 bits per heavy atom. The van der Waals surface area contributed by atoms with E-state index in [0.717, 1.165) is 0 Å². The first kappa shape index (κ1) is 13.4. The Morgan fingerprint density at radius 2 is 1.94 bits per heavy atom. The minimum absolute atomic E-state index is 0.0434. The molecule has 0 unspecified atom stereocenters. The van der Waals surface area contributed by atoms with E-state index in [9.17, 15) is 19.7 Å². The molecule has 2 amide bonds. The molecule has 0 spiro atoms. The van der Waals surface area contributed by atoms with Crippen molar-refractivity contribution in [2.75, 3.05) is 6.54 Å². The van der Waals surface area contributed by atoms with Gasteiger partial charge >= 0.3 is 6.09 Å². The van der Waals surface area contributed by atoms with Crippen LogP contribution < -0.4 is 5.73 Å². The minimum Gasteiger partial charge on any atom is -0.441 e. The van der Waals surface area contributed by atoms with Gasteiger partial charge in [-0.15, -0.1) is 0 Å². The Balaban J connectivity index is 2.57. The number of carbonyl (C=O) groups excluding carboxylic acids is 2. The van der Waals surface area contributed by atoms with Gasteiger partial charge in [0.1, 0.15) is 6.61 Å². The van der Waals surface area contributed by atoms with Gasteiger partial charge in [-0.25, -0.2) is 14.9 Å². The van der Waals surface area contributed by atoms with Gasteiger partial charge in [0.15, 0.2) is 11.6 Å². The van der Waals surface area contributed by atoms with Crippen LogP contribution in [0.25, 0.3) is 0 Å². The molecular weight excluding hydrogens is 242 g/mol. The van der Waals surface area contributed by atoms with Crippen LogP contribution in [0.5, 0.6) is 0 Å². The van der Waals surface area contributed by atoms with Gasteiger partial charge in [-0.05, 0) is 10.6 Å². The van der Waals surface area contributed by atoms with E-state index >= 15 is 0 Å². The molecule has 0 saturated heterocycles. The number of benzene rings is 1. The van der Waals surface area contributed by atoms with E-state index in [1.54, 1.807) is 30.3 Å². The molecule has 0 fully saturated rings. The number of hydrogen-bond donors (Lipinski definition) is 0. The number of amides is 2. The highest BCUT2D eigenvalue weighted by Gasteiger charge is 2.28. The van der Waals surface area contributed by atoms with Crippen molar-refractivity contribution in [2.24, 2.45) is 0 Å². The second-order valence-corrected chi connectivity index (χ2v) is 3.26. The molecule has 1 rings (SSSR count). The summed E-state index contributed by atoms with van der Waals surface area (Å²) in [5.74, 6) is -1.25. The number of ether oxygens (including phenoxy) is 1. The van der Waals surface area contributed by atoms with Gasteiger partial charge in [0, 0.05) is 0 Å². The zero-order valence-corrected chi connectivity index (χ0v) is 9.24. The molecule has 1 N–H and O–H groups in total. The molecule has 0 aliphatic rings. The Morgan fingerprint density at radius 1 is 1.33 bits per heavy atom. The van der Waals surface area contributed by atoms with Gasteiger partial charge in [0.05, 0.1) is 0 Å². The molecule has 0 saturated carbocycles. The van der Waals surface area contributed by atoms with Gasteiger partial charge in [0.25, 0.3) is 5.91 Å². The quantitative estimate of drug-likeness (QED) is 0.563. The van der Waals surface area contributed by atoms with Crippen molar-refractivity contribution < 1.29 is 19.4 Å². The van der Waals surface area contributed by atoms with Crippen LogP contribution in [0.3, 0.4) is 0 Å². The van der Waals surface area contributed by atoms with Gasteiger partial charge in [0.2, 0.25) is 0 Å². The first-order chi connectivity index (χ1) is 8.50. The predicted molar refractivity (Wildman–Crippen MR) is 58.4 cm³/mol. The summed E-state index contributed by atoms with van der Waals surface area (Å²) < 4.78 is 4.66. The summed E-state index contributed by atoms with van der Waals surface area (Å²) in [7, 11) is 0. The Hall–Kier alpha value is -2.64. The molecule has 0 bridgehead atoms. The average molecular weight is 252 g/mol. The zero-order valence-electron chi connectivity index (χ0n) is 9.24. The van der Waals surface area contributed by atoms with Crippen molar-refractivity contribution in [1.82, 2.24) is 10.7 Å². The molecule has 8 heteroatoms. The van der Waals surface area contributed by atoms with Crippen molar-refractivity contribution in [3.8, 4) is 0 Å². The number of nitrogens with zero attached hydrogens (tertiary/aromatic N) is 2. The summed E-state index contributed by atoms with van der Waals surface area (Å²) in [4.78, 5) is 32.3. The summed E-state index contributed by atoms with van der Waals surface area (Å²) in [5.41, 5.74) is 7.26. The first-order valence-electron chi connectivity index (χ1n) is 4.87. The lowest BCUT2D eigenvalue weighted by molar-refractivity contribution is -0.632. The van der Waals surface area contributed by atoms with Gasteiger partial charge in [-0.1, -0.05) is 30.3 Å². The number of nitrogens with one attached hydrogen (secondary N) is 1. The third kappa shape index (κ3) is 4.08. The lowest BCUT2D eigenvalue weighted by Crippen LogP contribution is -2.40. The van der Waals surface area contributed by atoms with Crippen molar-refractivity contribution in [1.29, 1.82) is 0 Å². The number of hydrazine groups is 1. The van der Waals surface area contributed by atoms with Crippen molar-refractivity contribution in [3.05, 3.63) is 46.0 Å². The van der Waals surface area contributed by atoms with E-state index in [4.69, 9.17) is 5.73 Å². The highest BCUT2D eigenvalue weighted by atomic mass is 16.7. The maximum Gasteiger partial charge on any atom is 0.469 e. The summed E-state index contributed by atoms with van der Waals surface area (Å²) in [5, 5.41) is 9.36. The highest BCUT2D eigenvalue weighted by Crippen LogP contribution is 2.03. The van der Waals surface area contributed by atoms with Gasteiger partial charge in [-0.3, -0.25) is 10.5 Å².